The van der Waals surface area contributed by atoms with E-state index in [2.05, 4.69) is 15.5 Å². The van der Waals surface area contributed by atoms with Crippen molar-refractivity contribution in [3.63, 3.8) is 0 Å². The average Bonchev–Trinajstić information content (AvgIpc) is 3.06. The Morgan fingerprint density at radius 2 is 1.92 bits per heavy atom. The van der Waals surface area contributed by atoms with E-state index in [9.17, 15) is 13.6 Å². The normalized spacial score (nSPS) is 10.7. The topological polar surface area (TPSA) is 68.0 Å². The smallest absolute Gasteiger partial charge is 0.227 e. The van der Waals surface area contributed by atoms with E-state index in [1.165, 1.54) is 36.4 Å². The Balaban J connectivity index is 1.57. The van der Waals surface area contributed by atoms with E-state index >= 15 is 0 Å². The van der Waals surface area contributed by atoms with Gasteiger partial charge in [0.25, 0.3) is 0 Å². The third kappa shape index (κ3) is 4.39. The molecule has 0 aliphatic heterocycles. The van der Waals surface area contributed by atoms with Crippen molar-refractivity contribution in [3.8, 4) is 11.4 Å². The molecule has 0 unspecified atom stereocenters. The van der Waals surface area contributed by atoms with Gasteiger partial charge in [-0.1, -0.05) is 16.8 Å². The SMILES string of the molecule is O=C(CCc1nc(-c2ccc(F)cc2)no1)Nc1ccc(Cl)c(F)c1. The predicted octanol–water partition coefficient (Wildman–Crippen LogP) is 4.24. The van der Waals surface area contributed by atoms with Gasteiger partial charge in [0, 0.05) is 24.1 Å². The van der Waals surface area contributed by atoms with Crippen LogP contribution in [0.3, 0.4) is 0 Å². The third-order valence-corrected chi connectivity index (χ3v) is 3.65. The van der Waals surface area contributed by atoms with Gasteiger partial charge in [-0.2, -0.15) is 4.98 Å². The number of hydrogen-bond donors (Lipinski definition) is 1. The second kappa shape index (κ2) is 7.40. The van der Waals surface area contributed by atoms with Crippen molar-refractivity contribution < 1.29 is 18.1 Å². The van der Waals surface area contributed by atoms with E-state index in [0.717, 1.165) is 6.07 Å². The number of aryl methyl sites for hydroxylation is 1. The highest BCUT2D eigenvalue weighted by Gasteiger charge is 2.11. The maximum Gasteiger partial charge on any atom is 0.227 e. The molecule has 25 heavy (non-hydrogen) atoms. The van der Waals surface area contributed by atoms with Crippen LogP contribution in [0.2, 0.25) is 5.02 Å². The summed E-state index contributed by atoms with van der Waals surface area (Å²) in [5.41, 5.74) is 0.918. The Hall–Kier alpha value is -2.80. The Bertz CT molecular complexity index is 897. The molecule has 3 aromatic rings. The van der Waals surface area contributed by atoms with E-state index < -0.39 is 5.82 Å². The standard InChI is InChI=1S/C17H12ClF2N3O2/c18-13-6-5-12(9-14(13)20)21-15(24)7-8-16-22-17(23-25-16)10-1-3-11(19)4-2-10/h1-6,9H,7-8H2,(H,21,24). The molecule has 0 aliphatic carbocycles. The minimum absolute atomic E-state index is 0.0165. The van der Waals surface area contributed by atoms with Crippen molar-refractivity contribution >= 4 is 23.2 Å². The Kier molecular flexibility index (Phi) is 5.04. The van der Waals surface area contributed by atoms with Gasteiger partial charge in [-0.15, -0.1) is 0 Å². The summed E-state index contributed by atoms with van der Waals surface area (Å²) in [5, 5.41) is 6.33. The fourth-order valence-corrected chi connectivity index (χ4v) is 2.21. The van der Waals surface area contributed by atoms with Crippen molar-refractivity contribution in [1.29, 1.82) is 0 Å². The van der Waals surface area contributed by atoms with Crippen molar-refractivity contribution in [1.82, 2.24) is 10.1 Å². The van der Waals surface area contributed by atoms with Crippen LogP contribution in [0.15, 0.2) is 47.0 Å². The van der Waals surface area contributed by atoms with Crippen LogP contribution >= 0.6 is 11.6 Å². The zero-order valence-corrected chi connectivity index (χ0v) is 13.6. The highest BCUT2D eigenvalue weighted by molar-refractivity contribution is 6.30. The molecule has 1 aromatic heterocycles. The van der Waals surface area contributed by atoms with Gasteiger partial charge in [0.2, 0.25) is 17.6 Å². The number of halogens is 3. The highest BCUT2D eigenvalue weighted by atomic mass is 35.5. The number of amides is 1. The first-order valence-electron chi connectivity index (χ1n) is 7.35. The number of nitrogens with zero attached hydrogens (tertiary/aromatic N) is 2. The van der Waals surface area contributed by atoms with E-state index in [4.69, 9.17) is 16.1 Å². The van der Waals surface area contributed by atoms with Crippen LogP contribution in [-0.4, -0.2) is 16.0 Å². The van der Waals surface area contributed by atoms with Gasteiger partial charge in [0.05, 0.1) is 5.02 Å². The maximum absolute atomic E-state index is 13.3. The summed E-state index contributed by atoms with van der Waals surface area (Å²) in [5.74, 6) is -0.710. The number of carbonyl (C=O) groups excluding carboxylic acids is 1. The molecule has 0 saturated carbocycles. The quantitative estimate of drug-likeness (QED) is 0.736. The van der Waals surface area contributed by atoms with Gasteiger partial charge >= 0.3 is 0 Å². The molecule has 0 atom stereocenters. The molecule has 5 nitrogen and oxygen atoms in total. The number of hydrogen-bond acceptors (Lipinski definition) is 4. The summed E-state index contributed by atoms with van der Waals surface area (Å²) >= 11 is 5.58. The van der Waals surface area contributed by atoms with Crippen LogP contribution in [0.1, 0.15) is 12.3 Å². The molecule has 1 heterocycles. The molecule has 3 rings (SSSR count). The Morgan fingerprint density at radius 1 is 1.16 bits per heavy atom. The summed E-state index contributed by atoms with van der Waals surface area (Å²) in [4.78, 5) is 16.1. The number of nitrogens with one attached hydrogen (secondary N) is 1. The minimum Gasteiger partial charge on any atom is -0.339 e. The Morgan fingerprint density at radius 3 is 2.64 bits per heavy atom. The minimum atomic E-state index is -0.611. The number of carbonyl (C=O) groups is 1. The van der Waals surface area contributed by atoms with Crippen molar-refractivity contribution in [2.24, 2.45) is 0 Å². The fraction of sp³-hybridized carbons (Fsp3) is 0.118. The van der Waals surface area contributed by atoms with Gasteiger partial charge < -0.3 is 9.84 Å². The predicted molar refractivity (Wildman–Crippen MR) is 88.1 cm³/mol. The van der Waals surface area contributed by atoms with Crippen molar-refractivity contribution in [2.75, 3.05) is 5.32 Å². The lowest BCUT2D eigenvalue weighted by molar-refractivity contribution is -0.116. The molecule has 0 bridgehead atoms. The summed E-state index contributed by atoms with van der Waals surface area (Å²) in [6.07, 6.45) is 0.297. The summed E-state index contributed by atoms with van der Waals surface area (Å²) in [6, 6.07) is 9.66. The molecule has 0 saturated heterocycles. The summed E-state index contributed by atoms with van der Waals surface area (Å²) in [6.45, 7) is 0. The molecule has 0 radical (unpaired) electrons. The first kappa shape index (κ1) is 17.0. The lowest BCUT2D eigenvalue weighted by atomic mass is 10.2. The zero-order chi connectivity index (χ0) is 17.8. The van der Waals surface area contributed by atoms with Crippen LogP contribution in [0.5, 0.6) is 0 Å². The van der Waals surface area contributed by atoms with Gasteiger partial charge in [-0.3, -0.25) is 4.79 Å². The largest absolute Gasteiger partial charge is 0.339 e. The van der Waals surface area contributed by atoms with E-state index in [0.29, 0.717) is 17.1 Å². The number of benzene rings is 2. The highest BCUT2D eigenvalue weighted by Crippen LogP contribution is 2.19. The summed E-state index contributed by atoms with van der Waals surface area (Å²) in [7, 11) is 0. The monoisotopic (exact) mass is 363 g/mol. The zero-order valence-electron chi connectivity index (χ0n) is 12.8. The number of anilines is 1. The molecule has 0 spiro atoms. The first-order chi connectivity index (χ1) is 12.0. The Labute approximate surface area is 146 Å². The van der Waals surface area contributed by atoms with E-state index in [-0.39, 0.29) is 35.5 Å². The van der Waals surface area contributed by atoms with Crippen LogP contribution < -0.4 is 5.32 Å². The maximum atomic E-state index is 13.3. The molecule has 128 valence electrons. The lowest BCUT2D eigenvalue weighted by Gasteiger charge is -2.04. The molecule has 2 aromatic carbocycles. The summed E-state index contributed by atoms with van der Waals surface area (Å²) < 4.78 is 31.3. The van der Waals surface area contributed by atoms with E-state index in [1.54, 1.807) is 0 Å². The molecular formula is C17H12ClF2N3O2. The lowest BCUT2D eigenvalue weighted by Crippen LogP contribution is -2.12. The number of aromatic nitrogens is 2. The van der Waals surface area contributed by atoms with Gasteiger partial charge in [-0.25, -0.2) is 8.78 Å². The molecule has 1 amide bonds. The van der Waals surface area contributed by atoms with Gasteiger partial charge in [0.1, 0.15) is 11.6 Å². The van der Waals surface area contributed by atoms with Crippen LogP contribution in [0.25, 0.3) is 11.4 Å². The number of rotatable bonds is 5. The molecular weight excluding hydrogens is 352 g/mol. The van der Waals surface area contributed by atoms with Crippen molar-refractivity contribution in [2.45, 2.75) is 12.8 Å². The molecule has 1 N–H and O–H groups in total. The van der Waals surface area contributed by atoms with E-state index in [1.807, 2.05) is 0 Å². The van der Waals surface area contributed by atoms with Crippen LogP contribution in [0, 0.1) is 11.6 Å². The van der Waals surface area contributed by atoms with Crippen LogP contribution in [-0.2, 0) is 11.2 Å². The average molecular weight is 364 g/mol. The second-order valence-corrected chi connectivity index (χ2v) is 5.60. The molecule has 8 heteroatoms. The molecule has 0 aliphatic rings. The van der Waals surface area contributed by atoms with Gasteiger partial charge in [-0.05, 0) is 42.5 Å². The van der Waals surface area contributed by atoms with Crippen molar-refractivity contribution in [3.05, 3.63) is 65.0 Å². The van der Waals surface area contributed by atoms with Gasteiger partial charge in [0.15, 0.2) is 0 Å². The van der Waals surface area contributed by atoms with Crippen LogP contribution in [0.4, 0.5) is 14.5 Å². The molecule has 0 fully saturated rings. The third-order valence-electron chi connectivity index (χ3n) is 3.34. The second-order valence-electron chi connectivity index (χ2n) is 5.20. The first-order valence-corrected chi connectivity index (χ1v) is 7.72. The fourth-order valence-electron chi connectivity index (χ4n) is 2.09.